The first-order chi connectivity index (χ1) is 13.2. The van der Waals surface area contributed by atoms with Crippen LogP contribution >= 0.6 is 0 Å². The summed E-state index contributed by atoms with van der Waals surface area (Å²) in [6.45, 7) is 2.07. The van der Waals surface area contributed by atoms with E-state index in [4.69, 9.17) is 4.74 Å². The van der Waals surface area contributed by atoms with Crippen molar-refractivity contribution in [3.8, 4) is 0 Å². The van der Waals surface area contributed by atoms with Gasteiger partial charge in [0.15, 0.2) is 0 Å². The fourth-order valence-corrected chi connectivity index (χ4v) is 2.97. The topological polar surface area (TPSA) is 51.2 Å². The lowest BCUT2D eigenvalue weighted by Gasteiger charge is -2.27. The van der Waals surface area contributed by atoms with Gasteiger partial charge < -0.3 is 10.1 Å². The number of halogens is 1. The Bertz CT molecular complexity index is 855. The molecule has 2 atom stereocenters. The molecule has 1 aromatic heterocycles. The van der Waals surface area contributed by atoms with Crippen molar-refractivity contribution >= 4 is 11.7 Å². The van der Waals surface area contributed by atoms with E-state index in [0.717, 1.165) is 5.56 Å². The maximum absolute atomic E-state index is 13.3. The van der Waals surface area contributed by atoms with E-state index in [1.54, 1.807) is 25.3 Å². The lowest BCUT2D eigenvalue weighted by atomic mass is 9.88. The van der Waals surface area contributed by atoms with Crippen molar-refractivity contribution in [1.82, 2.24) is 4.98 Å². The molecule has 0 bridgehead atoms. The van der Waals surface area contributed by atoms with Gasteiger partial charge in [-0.15, -0.1) is 0 Å². The van der Waals surface area contributed by atoms with E-state index < -0.39 is 12.0 Å². The van der Waals surface area contributed by atoms with Gasteiger partial charge in [-0.1, -0.05) is 36.4 Å². The second-order valence-corrected chi connectivity index (χ2v) is 6.02. The summed E-state index contributed by atoms with van der Waals surface area (Å²) in [6, 6.07) is 20.5. The van der Waals surface area contributed by atoms with E-state index in [2.05, 4.69) is 10.3 Å². The van der Waals surface area contributed by atoms with E-state index in [-0.39, 0.29) is 18.4 Å². The summed E-state index contributed by atoms with van der Waals surface area (Å²) in [4.78, 5) is 17.3. The Morgan fingerprint density at radius 1 is 1.04 bits per heavy atom. The first-order valence-corrected chi connectivity index (χ1v) is 8.83. The van der Waals surface area contributed by atoms with Crippen LogP contribution in [0.4, 0.5) is 10.1 Å². The number of hydrogen-bond acceptors (Lipinski definition) is 4. The van der Waals surface area contributed by atoms with Gasteiger partial charge in [-0.05, 0) is 48.9 Å². The number of nitrogens with one attached hydrogen (secondary N) is 1. The molecule has 138 valence electrons. The molecule has 0 saturated carbocycles. The number of ether oxygens (including phenoxy) is 1. The number of rotatable bonds is 7. The fourth-order valence-electron chi connectivity index (χ4n) is 2.97. The zero-order chi connectivity index (χ0) is 19.1. The van der Waals surface area contributed by atoms with E-state index >= 15 is 0 Å². The van der Waals surface area contributed by atoms with Gasteiger partial charge in [-0.2, -0.15) is 0 Å². The van der Waals surface area contributed by atoms with Crippen molar-refractivity contribution < 1.29 is 13.9 Å². The van der Waals surface area contributed by atoms with Gasteiger partial charge in [0.1, 0.15) is 11.7 Å². The van der Waals surface area contributed by atoms with E-state index in [1.807, 2.05) is 48.5 Å². The van der Waals surface area contributed by atoms with Crippen molar-refractivity contribution in [3.63, 3.8) is 0 Å². The third-order valence-electron chi connectivity index (χ3n) is 4.21. The number of esters is 1. The minimum atomic E-state index is -0.605. The van der Waals surface area contributed by atoms with Gasteiger partial charge in [0.05, 0.1) is 18.3 Å². The van der Waals surface area contributed by atoms with Crippen LogP contribution in [0.3, 0.4) is 0 Å². The number of anilines is 1. The van der Waals surface area contributed by atoms with Gasteiger partial charge in [-0.25, -0.2) is 4.39 Å². The Labute approximate surface area is 158 Å². The predicted octanol–water partition coefficient (Wildman–Crippen LogP) is 4.72. The Hall–Kier alpha value is -3.21. The minimum Gasteiger partial charge on any atom is -0.465 e. The van der Waals surface area contributed by atoms with Gasteiger partial charge in [0.25, 0.3) is 0 Å². The number of pyridine rings is 1. The molecule has 1 heterocycles. The van der Waals surface area contributed by atoms with Crippen molar-refractivity contribution in [2.45, 2.75) is 18.9 Å². The zero-order valence-corrected chi connectivity index (χ0v) is 15.0. The Kier molecular flexibility index (Phi) is 6.15. The monoisotopic (exact) mass is 364 g/mol. The smallest absolute Gasteiger partial charge is 0.315 e. The van der Waals surface area contributed by atoms with Gasteiger partial charge in [0.2, 0.25) is 0 Å². The molecule has 5 heteroatoms. The van der Waals surface area contributed by atoms with Crippen molar-refractivity contribution in [3.05, 3.63) is 96.1 Å². The predicted molar refractivity (Wildman–Crippen MR) is 103 cm³/mol. The van der Waals surface area contributed by atoms with Crippen LogP contribution in [0, 0.1) is 5.82 Å². The lowest BCUT2D eigenvalue weighted by molar-refractivity contribution is -0.145. The highest BCUT2D eigenvalue weighted by molar-refractivity contribution is 5.80. The van der Waals surface area contributed by atoms with Crippen LogP contribution in [0.15, 0.2) is 79.0 Å². The van der Waals surface area contributed by atoms with Crippen molar-refractivity contribution in [2.24, 2.45) is 0 Å². The normalized spacial score (nSPS) is 12.8. The van der Waals surface area contributed by atoms with Gasteiger partial charge >= 0.3 is 5.97 Å². The SMILES string of the molecule is CCOC(=O)[C@@H](c1ccccc1)[C@@H](Nc1ccc(F)cc1)c1ccccn1. The number of nitrogens with zero attached hydrogens (tertiary/aromatic N) is 1. The molecule has 0 aliphatic carbocycles. The standard InChI is InChI=1S/C22H21FN2O2/c1-2-27-22(26)20(16-8-4-3-5-9-16)21(19-10-6-7-15-24-19)25-18-13-11-17(23)12-14-18/h3-15,20-21,25H,2H2,1H3/t20-,21-/m0/s1. The molecule has 3 aromatic rings. The van der Waals surface area contributed by atoms with Crippen LogP contribution in [-0.4, -0.2) is 17.6 Å². The summed E-state index contributed by atoms with van der Waals surface area (Å²) < 4.78 is 18.6. The molecule has 0 radical (unpaired) electrons. The molecule has 0 unspecified atom stereocenters. The quantitative estimate of drug-likeness (QED) is 0.616. The molecular weight excluding hydrogens is 343 g/mol. The number of carbonyl (C=O) groups is 1. The Morgan fingerprint density at radius 2 is 1.74 bits per heavy atom. The highest BCUT2D eigenvalue weighted by atomic mass is 19.1. The molecule has 0 saturated heterocycles. The average molecular weight is 364 g/mol. The summed E-state index contributed by atoms with van der Waals surface area (Å²) in [6.07, 6.45) is 1.68. The second-order valence-electron chi connectivity index (χ2n) is 6.02. The van der Waals surface area contributed by atoms with Crippen LogP contribution in [0.1, 0.15) is 30.1 Å². The molecule has 2 aromatic carbocycles. The molecule has 27 heavy (non-hydrogen) atoms. The molecule has 0 spiro atoms. The second kappa shape index (κ2) is 8.94. The summed E-state index contributed by atoms with van der Waals surface area (Å²) in [5, 5.41) is 3.33. The first-order valence-electron chi connectivity index (χ1n) is 8.83. The van der Waals surface area contributed by atoms with Crippen LogP contribution in [0.5, 0.6) is 0 Å². The number of benzene rings is 2. The third-order valence-corrected chi connectivity index (χ3v) is 4.21. The van der Waals surface area contributed by atoms with Crippen LogP contribution in [-0.2, 0) is 9.53 Å². The molecule has 0 aliphatic rings. The van der Waals surface area contributed by atoms with Crippen molar-refractivity contribution in [2.75, 3.05) is 11.9 Å². The summed E-state index contributed by atoms with van der Waals surface area (Å²) >= 11 is 0. The molecule has 0 aliphatic heterocycles. The summed E-state index contributed by atoms with van der Waals surface area (Å²) in [5.74, 6) is -1.26. The Balaban J connectivity index is 2.04. The van der Waals surface area contributed by atoms with Crippen molar-refractivity contribution in [1.29, 1.82) is 0 Å². The van der Waals surface area contributed by atoms with Crippen LogP contribution < -0.4 is 5.32 Å². The first kappa shape index (κ1) is 18.6. The van der Waals surface area contributed by atoms with E-state index in [9.17, 15) is 9.18 Å². The number of hydrogen-bond donors (Lipinski definition) is 1. The van der Waals surface area contributed by atoms with Crippen LogP contribution in [0.25, 0.3) is 0 Å². The maximum Gasteiger partial charge on any atom is 0.315 e. The highest BCUT2D eigenvalue weighted by Gasteiger charge is 2.33. The summed E-state index contributed by atoms with van der Waals surface area (Å²) in [5.41, 5.74) is 2.21. The summed E-state index contributed by atoms with van der Waals surface area (Å²) in [7, 11) is 0. The largest absolute Gasteiger partial charge is 0.465 e. The third kappa shape index (κ3) is 4.70. The van der Waals surface area contributed by atoms with Gasteiger partial charge in [-0.3, -0.25) is 9.78 Å². The lowest BCUT2D eigenvalue weighted by Crippen LogP contribution is -2.28. The molecule has 0 amide bonds. The molecule has 0 fully saturated rings. The maximum atomic E-state index is 13.3. The molecule has 3 rings (SSSR count). The highest BCUT2D eigenvalue weighted by Crippen LogP contribution is 2.34. The van der Waals surface area contributed by atoms with Gasteiger partial charge in [0, 0.05) is 11.9 Å². The minimum absolute atomic E-state index is 0.285. The van der Waals surface area contributed by atoms with Crippen LogP contribution in [0.2, 0.25) is 0 Å². The fraction of sp³-hybridized carbons (Fsp3) is 0.182. The number of carbonyl (C=O) groups excluding carboxylic acids is 1. The van der Waals surface area contributed by atoms with E-state index in [0.29, 0.717) is 11.4 Å². The zero-order valence-electron chi connectivity index (χ0n) is 15.0. The van der Waals surface area contributed by atoms with E-state index in [1.165, 1.54) is 12.1 Å². The average Bonchev–Trinajstić information content (AvgIpc) is 2.71. The molecule has 1 N–H and O–H groups in total. The number of aromatic nitrogens is 1. The molecule has 4 nitrogen and oxygen atoms in total. The Morgan fingerprint density at radius 3 is 2.37 bits per heavy atom. The molecular formula is C22H21FN2O2.